The van der Waals surface area contributed by atoms with Crippen LogP contribution in [0.5, 0.6) is 0 Å². The van der Waals surface area contributed by atoms with Crippen LogP contribution in [0, 0.1) is 5.82 Å². The summed E-state index contributed by atoms with van der Waals surface area (Å²) >= 11 is 1.67. The maximum absolute atomic E-state index is 12.9. The number of aromatic nitrogens is 2. The molecule has 0 aliphatic rings. The number of halogens is 1. The average Bonchev–Trinajstić information content (AvgIpc) is 3.19. The Balaban J connectivity index is 1.60. The molecule has 22 heavy (non-hydrogen) atoms. The molecule has 0 spiro atoms. The second-order valence-corrected chi connectivity index (χ2v) is 5.79. The SMILES string of the molecule is O=C(NCCc1cccs1)c1cc(-c2ccc(F)cc2)n[nH]1. The number of nitrogens with one attached hydrogen (secondary N) is 2. The molecule has 3 aromatic rings. The van der Waals surface area contributed by atoms with Gasteiger partial charge in [0.15, 0.2) is 0 Å². The Bertz CT molecular complexity index is 750. The molecule has 2 aromatic heterocycles. The van der Waals surface area contributed by atoms with Crippen LogP contribution in [0.4, 0.5) is 4.39 Å². The second-order valence-electron chi connectivity index (χ2n) is 4.76. The number of aromatic amines is 1. The molecule has 2 N–H and O–H groups in total. The van der Waals surface area contributed by atoms with Gasteiger partial charge in [0.25, 0.3) is 5.91 Å². The van der Waals surface area contributed by atoms with E-state index in [-0.39, 0.29) is 11.7 Å². The van der Waals surface area contributed by atoms with E-state index in [1.54, 1.807) is 29.5 Å². The summed E-state index contributed by atoms with van der Waals surface area (Å²) in [5, 5.41) is 11.7. The van der Waals surface area contributed by atoms with Gasteiger partial charge in [0.2, 0.25) is 0 Å². The molecule has 6 heteroatoms. The Labute approximate surface area is 131 Å². The lowest BCUT2D eigenvalue weighted by atomic mass is 10.1. The van der Waals surface area contributed by atoms with E-state index in [4.69, 9.17) is 0 Å². The molecule has 0 saturated carbocycles. The smallest absolute Gasteiger partial charge is 0.269 e. The number of carbonyl (C=O) groups excluding carboxylic acids is 1. The van der Waals surface area contributed by atoms with Gasteiger partial charge in [0.1, 0.15) is 11.5 Å². The molecule has 4 nitrogen and oxygen atoms in total. The zero-order valence-corrected chi connectivity index (χ0v) is 12.5. The zero-order valence-electron chi connectivity index (χ0n) is 11.7. The van der Waals surface area contributed by atoms with E-state index in [1.807, 2.05) is 17.5 Å². The fourth-order valence-electron chi connectivity index (χ4n) is 2.06. The van der Waals surface area contributed by atoms with Gasteiger partial charge in [0.05, 0.1) is 5.69 Å². The fraction of sp³-hybridized carbons (Fsp3) is 0.125. The van der Waals surface area contributed by atoms with Crippen LogP contribution in [0.2, 0.25) is 0 Å². The van der Waals surface area contributed by atoms with E-state index in [2.05, 4.69) is 15.5 Å². The first kappa shape index (κ1) is 14.5. The number of hydrogen-bond donors (Lipinski definition) is 2. The van der Waals surface area contributed by atoms with Crippen LogP contribution in [0.3, 0.4) is 0 Å². The van der Waals surface area contributed by atoms with Crippen molar-refractivity contribution in [2.45, 2.75) is 6.42 Å². The molecule has 2 heterocycles. The van der Waals surface area contributed by atoms with Crippen LogP contribution in [-0.2, 0) is 6.42 Å². The molecule has 3 rings (SSSR count). The summed E-state index contributed by atoms with van der Waals surface area (Å²) < 4.78 is 12.9. The van der Waals surface area contributed by atoms with Crippen LogP contribution in [-0.4, -0.2) is 22.6 Å². The Morgan fingerprint density at radius 3 is 2.82 bits per heavy atom. The van der Waals surface area contributed by atoms with E-state index >= 15 is 0 Å². The number of H-pyrrole nitrogens is 1. The van der Waals surface area contributed by atoms with Gasteiger partial charge in [-0.2, -0.15) is 5.10 Å². The monoisotopic (exact) mass is 315 g/mol. The highest BCUT2D eigenvalue weighted by Gasteiger charge is 2.10. The number of hydrogen-bond acceptors (Lipinski definition) is 3. The van der Waals surface area contributed by atoms with Crippen molar-refractivity contribution in [2.75, 3.05) is 6.54 Å². The van der Waals surface area contributed by atoms with Crippen LogP contribution in [0.25, 0.3) is 11.3 Å². The average molecular weight is 315 g/mol. The Hall–Kier alpha value is -2.47. The van der Waals surface area contributed by atoms with Gasteiger partial charge in [-0.25, -0.2) is 4.39 Å². The summed E-state index contributed by atoms with van der Waals surface area (Å²) in [5.41, 5.74) is 1.77. The van der Waals surface area contributed by atoms with Crippen molar-refractivity contribution in [3.63, 3.8) is 0 Å². The van der Waals surface area contributed by atoms with Gasteiger partial charge in [-0.05, 0) is 48.2 Å². The summed E-state index contributed by atoms with van der Waals surface area (Å²) in [7, 11) is 0. The lowest BCUT2D eigenvalue weighted by molar-refractivity contribution is 0.0949. The minimum atomic E-state index is -0.300. The first-order chi connectivity index (χ1) is 10.7. The van der Waals surface area contributed by atoms with Crippen molar-refractivity contribution in [1.29, 1.82) is 0 Å². The normalized spacial score (nSPS) is 10.6. The van der Waals surface area contributed by atoms with Gasteiger partial charge in [-0.1, -0.05) is 6.07 Å². The van der Waals surface area contributed by atoms with Gasteiger partial charge in [0, 0.05) is 17.0 Å². The number of benzene rings is 1. The number of carbonyl (C=O) groups is 1. The van der Waals surface area contributed by atoms with Crippen molar-refractivity contribution < 1.29 is 9.18 Å². The quantitative estimate of drug-likeness (QED) is 0.759. The summed E-state index contributed by atoms with van der Waals surface area (Å²) in [6.45, 7) is 0.574. The zero-order chi connectivity index (χ0) is 15.4. The first-order valence-corrected chi connectivity index (χ1v) is 7.72. The minimum Gasteiger partial charge on any atom is -0.350 e. The van der Waals surface area contributed by atoms with Crippen molar-refractivity contribution in [3.05, 3.63) is 64.2 Å². The fourth-order valence-corrected chi connectivity index (χ4v) is 2.76. The van der Waals surface area contributed by atoms with Gasteiger partial charge in [-0.15, -0.1) is 11.3 Å². The largest absolute Gasteiger partial charge is 0.350 e. The topological polar surface area (TPSA) is 57.8 Å². The highest BCUT2D eigenvalue weighted by Crippen LogP contribution is 2.18. The standard InChI is InChI=1S/C16H14FN3OS/c17-12-5-3-11(4-6-12)14-10-15(20-19-14)16(21)18-8-7-13-2-1-9-22-13/h1-6,9-10H,7-8H2,(H,18,21)(H,19,20). The molecule has 0 aliphatic carbocycles. The highest BCUT2D eigenvalue weighted by molar-refractivity contribution is 7.09. The number of thiophene rings is 1. The molecule has 0 aliphatic heterocycles. The van der Waals surface area contributed by atoms with E-state index in [0.717, 1.165) is 12.0 Å². The van der Waals surface area contributed by atoms with E-state index in [9.17, 15) is 9.18 Å². The van der Waals surface area contributed by atoms with Crippen LogP contribution >= 0.6 is 11.3 Å². The lowest BCUT2D eigenvalue weighted by Crippen LogP contribution is -2.25. The molecule has 0 fully saturated rings. The Morgan fingerprint density at radius 2 is 2.09 bits per heavy atom. The van der Waals surface area contributed by atoms with Crippen LogP contribution in [0.15, 0.2) is 47.8 Å². The highest BCUT2D eigenvalue weighted by atomic mass is 32.1. The predicted octanol–water partition coefficient (Wildman–Crippen LogP) is 3.25. The molecule has 0 saturated heterocycles. The molecule has 0 unspecified atom stereocenters. The number of nitrogens with zero attached hydrogens (tertiary/aromatic N) is 1. The van der Waals surface area contributed by atoms with Gasteiger partial charge >= 0.3 is 0 Å². The van der Waals surface area contributed by atoms with Crippen molar-refractivity contribution in [1.82, 2.24) is 15.5 Å². The third-order valence-corrected chi connectivity index (χ3v) is 4.14. The van der Waals surface area contributed by atoms with E-state index < -0.39 is 0 Å². The van der Waals surface area contributed by atoms with Crippen LogP contribution in [0.1, 0.15) is 15.4 Å². The minimum absolute atomic E-state index is 0.197. The Kier molecular flexibility index (Phi) is 4.29. The third kappa shape index (κ3) is 3.40. The summed E-state index contributed by atoms with van der Waals surface area (Å²) in [5.74, 6) is -0.497. The van der Waals surface area contributed by atoms with Gasteiger partial charge < -0.3 is 5.32 Å². The van der Waals surface area contributed by atoms with Crippen molar-refractivity contribution >= 4 is 17.2 Å². The lowest BCUT2D eigenvalue weighted by Gasteiger charge is -2.01. The second kappa shape index (κ2) is 6.53. The number of amides is 1. The molecule has 1 aromatic carbocycles. The van der Waals surface area contributed by atoms with Crippen LogP contribution < -0.4 is 5.32 Å². The molecule has 0 bridgehead atoms. The summed E-state index contributed by atoms with van der Waals surface area (Å²) in [4.78, 5) is 13.3. The predicted molar refractivity (Wildman–Crippen MR) is 84.3 cm³/mol. The molecule has 0 radical (unpaired) electrons. The van der Waals surface area contributed by atoms with Gasteiger partial charge in [-0.3, -0.25) is 9.89 Å². The van der Waals surface area contributed by atoms with E-state index in [0.29, 0.717) is 17.9 Å². The maximum atomic E-state index is 12.9. The summed E-state index contributed by atoms with van der Waals surface area (Å²) in [6.07, 6.45) is 0.808. The summed E-state index contributed by atoms with van der Waals surface area (Å²) in [6, 6.07) is 11.7. The molecule has 0 atom stereocenters. The third-order valence-electron chi connectivity index (χ3n) is 3.20. The molecular weight excluding hydrogens is 301 g/mol. The maximum Gasteiger partial charge on any atom is 0.269 e. The van der Waals surface area contributed by atoms with Crippen molar-refractivity contribution in [2.24, 2.45) is 0 Å². The molecular formula is C16H14FN3OS. The van der Waals surface area contributed by atoms with Crippen molar-refractivity contribution in [3.8, 4) is 11.3 Å². The molecule has 1 amide bonds. The molecule has 112 valence electrons. The Morgan fingerprint density at radius 1 is 1.27 bits per heavy atom. The number of rotatable bonds is 5. The first-order valence-electron chi connectivity index (χ1n) is 6.84. The van der Waals surface area contributed by atoms with E-state index in [1.165, 1.54) is 17.0 Å².